The molecule has 2 unspecified atom stereocenters. The highest BCUT2D eigenvalue weighted by molar-refractivity contribution is 5.92. The molecule has 2 N–H and O–H groups in total. The molecule has 3 amide bonds. The first kappa shape index (κ1) is 28.9. The molecule has 0 saturated carbocycles. The lowest BCUT2D eigenvalue weighted by Crippen LogP contribution is -2.55. The molecule has 0 bridgehead atoms. The van der Waals surface area contributed by atoms with Crippen molar-refractivity contribution in [3.05, 3.63) is 70.8 Å². The number of likely N-dealkylation sites (N-methyl/N-ethyl adjacent to an activating group) is 1. The predicted molar refractivity (Wildman–Crippen MR) is 142 cm³/mol. The number of nitrogens with one attached hydrogen (secondary N) is 2. The normalized spacial score (nSPS) is 13.0. The zero-order chi connectivity index (χ0) is 27.0. The molecule has 7 heteroatoms. The highest BCUT2D eigenvalue weighted by atomic mass is 16.6. The average Bonchev–Trinajstić information content (AvgIpc) is 2.79. The molecule has 0 aliphatic rings. The average molecular weight is 496 g/mol. The third-order valence-corrected chi connectivity index (χ3v) is 5.91. The molecule has 2 aromatic rings. The number of benzene rings is 2. The molecule has 0 heterocycles. The first-order valence-corrected chi connectivity index (χ1v) is 12.5. The van der Waals surface area contributed by atoms with Crippen molar-refractivity contribution in [3.8, 4) is 0 Å². The number of carbonyl (C=O) groups excluding carboxylic acids is 3. The summed E-state index contributed by atoms with van der Waals surface area (Å²) < 4.78 is 5.40. The van der Waals surface area contributed by atoms with Crippen LogP contribution in [0.5, 0.6) is 0 Å². The molecule has 2 aromatic carbocycles. The Hall–Kier alpha value is -3.35. The minimum absolute atomic E-state index is 0.218. The Labute approximate surface area is 215 Å². The molecular formula is C29H41N3O4. The molecule has 0 radical (unpaired) electrons. The summed E-state index contributed by atoms with van der Waals surface area (Å²) in [5.41, 5.74) is 2.90. The third-order valence-electron chi connectivity index (χ3n) is 5.91. The summed E-state index contributed by atoms with van der Waals surface area (Å²) in [6.45, 7) is 15.4. The van der Waals surface area contributed by atoms with Gasteiger partial charge in [0.15, 0.2) is 0 Å². The van der Waals surface area contributed by atoms with Crippen molar-refractivity contribution in [1.29, 1.82) is 0 Å². The Balaban J connectivity index is 2.44. The quantitative estimate of drug-likeness (QED) is 0.509. The first-order chi connectivity index (χ1) is 16.9. The summed E-state index contributed by atoms with van der Waals surface area (Å²) in [4.78, 5) is 41.7. The Morgan fingerprint density at radius 1 is 0.944 bits per heavy atom. The zero-order valence-corrected chi connectivity index (χ0v) is 22.8. The predicted octanol–water partition coefficient (Wildman–Crippen LogP) is 5.06. The second kappa shape index (κ2) is 12.6. The van der Waals surface area contributed by atoms with Crippen molar-refractivity contribution in [3.63, 3.8) is 0 Å². The van der Waals surface area contributed by atoms with Gasteiger partial charge < -0.3 is 20.3 Å². The molecule has 0 aromatic heterocycles. The van der Waals surface area contributed by atoms with Crippen LogP contribution in [-0.4, -0.2) is 41.0 Å². The molecule has 0 aliphatic carbocycles. The number of ether oxygens (including phenoxy) is 1. The Morgan fingerprint density at radius 3 is 2.03 bits per heavy atom. The fraction of sp³-hybridized carbons (Fsp3) is 0.483. The number of rotatable bonds is 9. The van der Waals surface area contributed by atoms with Gasteiger partial charge in [-0.1, -0.05) is 62.4 Å². The second-order valence-corrected chi connectivity index (χ2v) is 10.4. The van der Waals surface area contributed by atoms with Gasteiger partial charge in [0, 0.05) is 13.1 Å². The Bertz CT molecular complexity index is 1020. The van der Waals surface area contributed by atoms with E-state index in [1.54, 1.807) is 25.7 Å². The molecule has 196 valence electrons. The van der Waals surface area contributed by atoms with Crippen molar-refractivity contribution in [2.24, 2.45) is 5.92 Å². The minimum Gasteiger partial charge on any atom is -0.444 e. The summed E-state index contributed by atoms with van der Waals surface area (Å²) in [5, 5.41) is 5.75. The van der Waals surface area contributed by atoms with E-state index in [4.69, 9.17) is 4.74 Å². The SMILES string of the molecule is CCN(C(=O)C(NC(=O)OC(C)(C)C)C(C)C)C(C(=O)NCc1ccccc1)c1c(C)cccc1C. The van der Waals surface area contributed by atoms with Crippen LogP contribution in [0.2, 0.25) is 0 Å². The van der Waals surface area contributed by atoms with Crippen LogP contribution < -0.4 is 10.6 Å². The van der Waals surface area contributed by atoms with Crippen molar-refractivity contribution >= 4 is 17.9 Å². The third kappa shape index (κ3) is 7.83. The van der Waals surface area contributed by atoms with E-state index in [-0.39, 0.29) is 24.3 Å². The second-order valence-electron chi connectivity index (χ2n) is 10.4. The van der Waals surface area contributed by atoms with Crippen molar-refractivity contribution in [2.45, 2.75) is 79.6 Å². The topological polar surface area (TPSA) is 87.7 Å². The number of aryl methyl sites for hydroxylation is 2. The van der Waals surface area contributed by atoms with Crippen LogP contribution in [0, 0.1) is 19.8 Å². The molecular weight excluding hydrogens is 454 g/mol. The maximum Gasteiger partial charge on any atom is 0.408 e. The monoisotopic (exact) mass is 495 g/mol. The van der Waals surface area contributed by atoms with E-state index < -0.39 is 23.8 Å². The van der Waals surface area contributed by atoms with Crippen molar-refractivity contribution in [2.75, 3.05) is 6.54 Å². The van der Waals surface area contributed by atoms with Crippen LogP contribution in [0.15, 0.2) is 48.5 Å². The van der Waals surface area contributed by atoms with Gasteiger partial charge in [-0.3, -0.25) is 9.59 Å². The Morgan fingerprint density at radius 2 is 1.53 bits per heavy atom. The van der Waals surface area contributed by atoms with E-state index >= 15 is 0 Å². The van der Waals surface area contributed by atoms with Gasteiger partial charge in [-0.05, 0) is 69.7 Å². The molecule has 0 saturated heterocycles. The van der Waals surface area contributed by atoms with Crippen LogP contribution in [0.1, 0.15) is 69.8 Å². The van der Waals surface area contributed by atoms with Gasteiger partial charge in [0.1, 0.15) is 17.7 Å². The van der Waals surface area contributed by atoms with E-state index in [1.807, 2.05) is 83.1 Å². The molecule has 36 heavy (non-hydrogen) atoms. The summed E-state index contributed by atoms with van der Waals surface area (Å²) in [7, 11) is 0. The molecule has 2 rings (SSSR count). The van der Waals surface area contributed by atoms with Crippen molar-refractivity contribution in [1.82, 2.24) is 15.5 Å². The molecule has 7 nitrogen and oxygen atoms in total. The van der Waals surface area contributed by atoms with Gasteiger partial charge in [-0.25, -0.2) is 4.79 Å². The van der Waals surface area contributed by atoms with Gasteiger partial charge in [0.2, 0.25) is 11.8 Å². The van der Waals surface area contributed by atoms with E-state index in [1.165, 1.54) is 0 Å². The first-order valence-electron chi connectivity index (χ1n) is 12.5. The Kier molecular flexibility index (Phi) is 10.1. The van der Waals surface area contributed by atoms with E-state index in [0.717, 1.165) is 22.3 Å². The lowest BCUT2D eigenvalue weighted by atomic mass is 9.92. The molecule has 0 fully saturated rings. The molecule has 0 spiro atoms. The van der Waals surface area contributed by atoms with Gasteiger partial charge in [-0.2, -0.15) is 0 Å². The van der Waals surface area contributed by atoms with Crippen molar-refractivity contribution < 1.29 is 19.1 Å². The number of carbonyl (C=O) groups is 3. The van der Waals surface area contributed by atoms with E-state index in [2.05, 4.69) is 10.6 Å². The summed E-state index contributed by atoms with van der Waals surface area (Å²) in [6, 6.07) is 13.8. The summed E-state index contributed by atoms with van der Waals surface area (Å²) in [5.74, 6) is -0.822. The largest absolute Gasteiger partial charge is 0.444 e. The van der Waals surface area contributed by atoms with Gasteiger partial charge in [0.05, 0.1) is 0 Å². The fourth-order valence-corrected chi connectivity index (χ4v) is 4.16. The smallest absolute Gasteiger partial charge is 0.408 e. The van der Waals surface area contributed by atoms with Crippen LogP contribution >= 0.6 is 0 Å². The van der Waals surface area contributed by atoms with E-state index in [9.17, 15) is 14.4 Å². The number of hydrogen-bond acceptors (Lipinski definition) is 4. The van der Waals surface area contributed by atoms with Crippen LogP contribution in [0.3, 0.4) is 0 Å². The minimum atomic E-state index is -0.853. The molecule has 0 aliphatic heterocycles. The number of nitrogens with zero attached hydrogens (tertiary/aromatic N) is 1. The standard InChI is InChI=1S/C29H41N3O4/c1-9-32(27(34)24(19(2)3)31-28(35)36-29(6,7)8)25(23-20(4)14-13-15-21(23)5)26(33)30-18-22-16-11-10-12-17-22/h10-17,19,24-25H,9,18H2,1-8H3,(H,30,33)(H,31,35). The highest BCUT2D eigenvalue weighted by Gasteiger charge is 2.37. The maximum atomic E-state index is 13.9. The zero-order valence-electron chi connectivity index (χ0n) is 22.8. The van der Waals surface area contributed by atoms with Gasteiger partial charge in [0.25, 0.3) is 0 Å². The molecule has 2 atom stereocenters. The fourth-order valence-electron chi connectivity index (χ4n) is 4.16. The van der Waals surface area contributed by atoms with Crippen LogP contribution in [0.4, 0.5) is 4.79 Å². The van der Waals surface area contributed by atoms with Gasteiger partial charge >= 0.3 is 6.09 Å². The number of hydrogen-bond donors (Lipinski definition) is 2. The lowest BCUT2D eigenvalue weighted by Gasteiger charge is -2.36. The maximum absolute atomic E-state index is 13.9. The lowest BCUT2D eigenvalue weighted by molar-refractivity contribution is -0.143. The van der Waals surface area contributed by atoms with Gasteiger partial charge in [-0.15, -0.1) is 0 Å². The highest BCUT2D eigenvalue weighted by Crippen LogP contribution is 2.29. The summed E-state index contributed by atoms with van der Waals surface area (Å²) in [6.07, 6.45) is -0.664. The van der Waals surface area contributed by atoms with E-state index in [0.29, 0.717) is 6.54 Å². The number of alkyl carbamates (subject to hydrolysis) is 1. The number of amides is 3. The van der Waals surface area contributed by atoms with Crippen LogP contribution in [-0.2, 0) is 20.9 Å². The van der Waals surface area contributed by atoms with Crippen LogP contribution in [0.25, 0.3) is 0 Å². The summed E-state index contributed by atoms with van der Waals surface area (Å²) >= 11 is 0.